The van der Waals surface area contributed by atoms with E-state index in [9.17, 15) is 31.1 Å². The van der Waals surface area contributed by atoms with Crippen molar-refractivity contribution in [3.8, 4) is 0 Å². The Hall–Kier alpha value is -2.08. The Morgan fingerprint density at radius 3 is 2.39 bits per heavy atom. The van der Waals surface area contributed by atoms with Crippen molar-refractivity contribution in [2.24, 2.45) is 5.92 Å². The Bertz CT molecular complexity index is 855. The number of hydrogen-bond donors (Lipinski definition) is 0. The summed E-state index contributed by atoms with van der Waals surface area (Å²) in [5.74, 6) is -2.88. The van der Waals surface area contributed by atoms with Crippen molar-refractivity contribution in [1.82, 2.24) is 4.98 Å². The Morgan fingerprint density at radius 1 is 1.16 bits per heavy atom. The molecule has 0 unspecified atom stereocenters. The van der Waals surface area contributed by atoms with Gasteiger partial charge >= 0.3 is 18.3 Å². The lowest BCUT2D eigenvalue weighted by Crippen LogP contribution is -2.56. The topological polar surface area (TPSA) is 60.9 Å². The first-order valence-electron chi connectivity index (χ1n) is 9.70. The van der Waals surface area contributed by atoms with Gasteiger partial charge in [-0.05, 0) is 39.3 Å². The fraction of sp³-hybridized carbons (Fsp3) is 0.684. The smallest absolute Gasteiger partial charge is 0.433 e. The van der Waals surface area contributed by atoms with Crippen LogP contribution < -0.4 is 4.90 Å². The molecule has 6 nitrogen and oxygen atoms in total. The van der Waals surface area contributed by atoms with Crippen LogP contribution in [0.5, 0.6) is 0 Å². The monoisotopic (exact) mass is 454 g/mol. The van der Waals surface area contributed by atoms with Crippen LogP contribution in [0.15, 0.2) is 12.1 Å². The molecule has 0 aromatic carbocycles. The molecule has 1 saturated carbocycles. The van der Waals surface area contributed by atoms with Crippen LogP contribution >= 0.6 is 0 Å². The number of alkyl halides is 6. The fourth-order valence-corrected chi connectivity index (χ4v) is 4.77. The van der Waals surface area contributed by atoms with Crippen LogP contribution in [0.3, 0.4) is 0 Å². The van der Waals surface area contributed by atoms with Crippen molar-refractivity contribution in [2.45, 2.75) is 69.6 Å². The van der Waals surface area contributed by atoms with Crippen LogP contribution in [0, 0.1) is 5.92 Å². The van der Waals surface area contributed by atoms with Crippen molar-refractivity contribution in [1.29, 1.82) is 0 Å². The third-order valence-corrected chi connectivity index (χ3v) is 5.76. The van der Waals surface area contributed by atoms with Crippen LogP contribution in [0.2, 0.25) is 0 Å². The third-order valence-electron chi connectivity index (χ3n) is 5.76. The van der Waals surface area contributed by atoms with E-state index < -0.39 is 71.4 Å². The molecule has 0 amide bonds. The lowest BCUT2D eigenvalue weighted by atomic mass is 9.94. The minimum atomic E-state index is -5.11. The number of carbonyl (C=O) groups excluding carboxylic acids is 1. The number of esters is 1. The van der Waals surface area contributed by atoms with E-state index in [2.05, 4.69) is 4.98 Å². The average molecular weight is 454 g/mol. The molecule has 3 aliphatic rings. The number of anilines is 1. The molecule has 1 aliphatic carbocycles. The van der Waals surface area contributed by atoms with Gasteiger partial charge in [0.15, 0.2) is 5.79 Å². The number of aromatic nitrogens is 1. The number of ether oxygens (including phenoxy) is 3. The van der Waals surface area contributed by atoms with Crippen molar-refractivity contribution in [3.05, 3.63) is 23.4 Å². The second-order valence-electron chi connectivity index (χ2n) is 8.23. The van der Waals surface area contributed by atoms with Crippen LogP contribution in [0.4, 0.5) is 32.2 Å². The van der Waals surface area contributed by atoms with Gasteiger partial charge in [0, 0.05) is 5.92 Å². The molecule has 0 spiro atoms. The van der Waals surface area contributed by atoms with Crippen LogP contribution in [0.25, 0.3) is 0 Å². The quantitative estimate of drug-likeness (QED) is 0.512. The number of hydrogen-bond acceptors (Lipinski definition) is 6. The second-order valence-corrected chi connectivity index (χ2v) is 8.23. The third kappa shape index (κ3) is 3.73. The van der Waals surface area contributed by atoms with Gasteiger partial charge in [-0.15, -0.1) is 0 Å². The number of piperidine rings is 1. The van der Waals surface area contributed by atoms with E-state index in [0.717, 1.165) is 0 Å². The summed E-state index contributed by atoms with van der Waals surface area (Å²) in [6.45, 7) is 4.86. The molecule has 1 aromatic rings. The van der Waals surface area contributed by atoms with E-state index in [1.54, 1.807) is 20.8 Å². The summed E-state index contributed by atoms with van der Waals surface area (Å²) < 4.78 is 96.8. The zero-order valence-electron chi connectivity index (χ0n) is 16.8. The maximum atomic E-state index is 13.4. The second kappa shape index (κ2) is 6.96. The maximum absolute atomic E-state index is 13.4. The molecular formula is C19H20F6N2O4. The highest BCUT2D eigenvalue weighted by atomic mass is 19.4. The van der Waals surface area contributed by atoms with Gasteiger partial charge in [-0.2, -0.15) is 26.3 Å². The summed E-state index contributed by atoms with van der Waals surface area (Å²) in [5, 5.41) is 0. The molecule has 0 radical (unpaired) electrons. The number of pyridine rings is 1. The maximum Gasteiger partial charge on any atom is 0.433 e. The number of carbonyl (C=O) groups is 1. The van der Waals surface area contributed by atoms with Crippen molar-refractivity contribution >= 4 is 11.8 Å². The van der Waals surface area contributed by atoms with E-state index >= 15 is 0 Å². The lowest BCUT2D eigenvalue weighted by Gasteiger charge is -2.39. The minimum Gasteiger partial charge on any atom is -0.464 e. The van der Waals surface area contributed by atoms with Crippen LogP contribution in [-0.2, 0) is 31.4 Å². The van der Waals surface area contributed by atoms with E-state index in [1.807, 2.05) is 0 Å². The highest BCUT2D eigenvalue weighted by molar-refractivity contribution is 5.82. The summed E-state index contributed by atoms with van der Waals surface area (Å²) in [6, 6.07) is -1.35. The highest BCUT2D eigenvalue weighted by Crippen LogP contribution is 2.53. The Labute approximate surface area is 173 Å². The fourth-order valence-electron chi connectivity index (χ4n) is 4.77. The molecule has 2 saturated heterocycles. The Kier molecular flexibility index (Phi) is 4.97. The van der Waals surface area contributed by atoms with E-state index in [1.165, 1.54) is 4.90 Å². The Balaban J connectivity index is 1.82. The zero-order chi connectivity index (χ0) is 22.9. The van der Waals surface area contributed by atoms with Gasteiger partial charge in [0.25, 0.3) is 0 Å². The van der Waals surface area contributed by atoms with Crippen molar-refractivity contribution < 1.29 is 45.3 Å². The van der Waals surface area contributed by atoms with E-state index in [4.69, 9.17) is 14.2 Å². The molecule has 0 N–H and O–H groups in total. The molecule has 31 heavy (non-hydrogen) atoms. The molecule has 2 aliphatic heterocycles. The predicted octanol–water partition coefficient (Wildman–Crippen LogP) is 3.78. The molecular weight excluding hydrogens is 434 g/mol. The van der Waals surface area contributed by atoms with Gasteiger partial charge < -0.3 is 19.1 Å². The minimum absolute atomic E-state index is 0.00132. The predicted molar refractivity (Wildman–Crippen MR) is 92.9 cm³/mol. The average Bonchev–Trinajstić information content (AvgIpc) is 3.26. The standard InChI is InChI=1S/C19H20F6N2O4/c1-4-29-16(28)13-9-7-10(15-14(9)30-17(2,3)31-15)27(13)12-6-8(18(20,21)22)5-11(26-12)19(23,24)25/h5-6,9-10,13-15H,4,7H2,1-3H3/t9-,10-,13-,14-,15+/m0/s1. The van der Waals surface area contributed by atoms with Crippen LogP contribution in [0.1, 0.15) is 38.4 Å². The summed E-state index contributed by atoms with van der Waals surface area (Å²) in [4.78, 5) is 17.3. The largest absolute Gasteiger partial charge is 0.464 e. The first-order chi connectivity index (χ1) is 14.2. The first kappa shape index (κ1) is 22.1. The lowest BCUT2D eigenvalue weighted by molar-refractivity contribution is -0.158. The summed E-state index contributed by atoms with van der Waals surface area (Å²) in [7, 11) is 0. The molecule has 4 rings (SSSR count). The summed E-state index contributed by atoms with van der Waals surface area (Å²) in [5.41, 5.74) is -3.20. The van der Waals surface area contributed by atoms with E-state index in [0.29, 0.717) is 6.07 Å². The molecule has 1 aromatic heterocycles. The van der Waals surface area contributed by atoms with Gasteiger partial charge in [0.2, 0.25) is 0 Å². The summed E-state index contributed by atoms with van der Waals surface area (Å²) in [6.07, 6.45) is -11.0. The molecule has 3 heterocycles. The van der Waals surface area contributed by atoms with Gasteiger partial charge in [-0.25, -0.2) is 9.78 Å². The first-order valence-corrected chi connectivity index (χ1v) is 9.70. The Morgan fingerprint density at radius 2 is 1.81 bits per heavy atom. The molecule has 5 atom stereocenters. The van der Waals surface area contributed by atoms with Gasteiger partial charge in [0.1, 0.15) is 23.7 Å². The number of fused-ring (bicyclic) bond motifs is 5. The number of rotatable bonds is 3. The molecule has 12 heteroatoms. The zero-order valence-corrected chi connectivity index (χ0v) is 16.8. The van der Waals surface area contributed by atoms with Crippen LogP contribution in [-0.4, -0.2) is 47.6 Å². The normalized spacial score (nSPS) is 31.8. The summed E-state index contributed by atoms with van der Waals surface area (Å²) >= 11 is 0. The highest BCUT2D eigenvalue weighted by Gasteiger charge is 2.66. The molecule has 2 bridgehead atoms. The van der Waals surface area contributed by atoms with Gasteiger partial charge in [0.05, 0.1) is 24.3 Å². The number of nitrogens with zero attached hydrogens (tertiary/aromatic N) is 2. The number of halogens is 6. The van der Waals surface area contributed by atoms with Gasteiger partial charge in [-0.1, -0.05) is 0 Å². The van der Waals surface area contributed by atoms with E-state index in [-0.39, 0.29) is 19.1 Å². The SMILES string of the molecule is CCOC(=O)[C@@H]1[C@@H]2C[C@@H]([C@H]3OC(C)(C)O[C@@H]23)N1c1cc(C(F)(F)F)cc(C(F)(F)F)n1. The van der Waals surface area contributed by atoms with Crippen molar-refractivity contribution in [3.63, 3.8) is 0 Å². The molecule has 3 fully saturated rings. The molecule has 172 valence electrons. The van der Waals surface area contributed by atoms with Gasteiger partial charge in [-0.3, -0.25) is 0 Å². The van der Waals surface area contributed by atoms with Crippen molar-refractivity contribution in [2.75, 3.05) is 11.5 Å².